The van der Waals surface area contributed by atoms with Crippen molar-refractivity contribution in [2.45, 2.75) is 386 Å². The lowest BCUT2D eigenvalue weighted by Gasteiger charge is -2.21. The van der Waals surface area contributed by atoms with Crippen molar-refractivity contribution in [3.63, 3.8) is 0 Å². The van der Waals surface area contributed by atoms with Crippen LogP contribution in [0.5, 0.6) is 0 Å². The average molecular weight is 1650 g/mol. The van der Waals surface area contributed by atoms with Crippen molar-refractivity contribution in [2.24, 2.45) is 0 Å². The van der Waals surface area contributed by atoms with Crippen LogP contribution in [0.4, 0.5) is 0 Å². The smallest absolute Gasteiger partial charge is 0.463 e. The van der Waals surface area contributed by atoms with E-state index in [0.29, 0.717) is 19.3 Å². The van der Waals surface area contributed by atoms with Gasteiger partial charge in [-0.3, -0.25) is 32.5 Å². The molecule has 0 spiro atoms. The Bertz CT molecular complexity index is 2770. The molecule has 115 heavy (non-hydrogen) atoms. The summed E-state index contributed by atoms with van der Waals surface area (Å²) < 4.78 is 61.4. The Labute approximate surface area is 701 Å². The molecule has 0 aromatic rings. The van der Waals surface area contributed by atoms with Crippen LogP contribution in [0.1, 0.15) is 367 Å². The Morgan fingerprint density at radius 3 is 0.730 bits per heavy atom. The first-order valence-electron chi connectivity index (χ1n) is 45.4. The molecule has 0 aliphatic heterocycles. The van der Waals surface area contributed by atoms with Gasteiger partial charge in [-0.15, -0.1) is 0 Å². The van der Waals surface area contributed by atoms with Crippen molar-refractivity contribution in [2.75, 3.05) is 39.6 Å². The molecular weight excluding hydrogens is 1480 g/mol. The van der Waals surface area contributed by atoms with E-state index in [1.54, 1.807) is 0 Å². The molecule has 0 fully saturated rings. The third-order valence-corrected chi connectivity index (χ3v) is 20.8. The number of phosphoric acid groups is 2. The van der Waals surface area contributed by atoms with E-state index < -0.39 is 91.5 Å². The van der Waals surface area contributed by atoms with E-state index in [1.165, 1.54) is 141 Å². The van der Waals surface area contributed by atoms with Gasteiger partial charge in [0.15, 0.2) is 6.10 Å². The van der Waals surface area contributed by atoms with Crippen LogP contribution < -0.4 is 0 Å². The number of carbonyl (C=O) groups is 3. The second-order valence-electron chi connectivity index (χ2n) is 30.0. The highest BCUT2D eigenvalue weighted by Gasteiger charge is 2.29. The highest BCUT2D eigenvalue weighted by atomic mass is 31.2. The van der Waals surface area contributed by atoms with Crippen LogP contribution in [0.2, 0.25) is 0 Å². The lowest BCUT2D eigenvalue weighted by molar-refractivity contribution is -0.161. The molecule has 18 heteroatoms. The molecule has 0 saturated carbocycles. The molecule has 0 aromatic heterocycles. The fourth-order valence-corrected chi connectivity index (χ4v) is 13.6. The zero-order chi connectivity index (χ0) is 83.6. The van der Waals surface area contributed by atoms with Crippen LogP contribution in [0.25, 0.3) is 0 Å². The summed E-state index contributed by atoms with van der Waals surface area (Å²) in [5, 5.41) is 20.7. The first kappa shape index (κ1) is 110. The molecule has 5 unspecified atom stereocenters. The van der Waals surface area contributed by atoms with Crippen LogP contribution >= 0.6 is 15.6 Å². The highest BCUT2D eigenvalue weighted by Crippen LogP contribution is 2.45. The van der Waals surface area contributed by atoms with Crippen molar-refractivity contribution in [3.05, 3.63) is 170 Å². The van der Waals surface area contributed by atoms with E-state index in [9.17, 15) is 43.5 Å². The molecule has 0 aromatic carbocycles. The number of carbonyl (C=O) groups excluding carboxylic acids is 3. The first-order chi connectivity index (χ1) is 56.2. The topological polar surface area (TPSA) is 231 Å². The van der Waals surface area contributed by atoms with Gasteiger partial charge in [-0.05, 0) is 161 Å². The van der Waals surface area contributed by atoms with Crippen LogP contribution in [0.3, 0.4) is 0 Å². The van der Waals surface area contributed by atoms with E-state index in [0.717, 1.165) is 167 Å². The Morgan fingerprint density at radius 2 is 0.461 bits per heavy atom. The zero-order valence-corrected chi connectivity index (χ0v) is 74.2. The summed E-state index contributed by atoms with van der Waals surface area (Å²) in [6.07, 6.45) is 114. The van der Waals surface area contributed by atoms with Crippen LogP contribution in [-0.2, 0) is 55.8 Å². The third kappa shape index (κ3) is 89.5. The van der Waals surface area contributed by atoms with Crippen LogP contribution in [0, 0.1) is 0 Å². The summed E-state index contributed by atoms with van der Waals surface area (Å²) in [5.41, 5.74) is 0. The fourth-order valence-electron chi connectivity index (χ4n) is 12.0. The highest BCUT2D eigenvalue weighted by molar-refractivity contribution is 7.47. The van der Waals surface area contributed by atoms with E-state index in [1.807, 2.05) is 0 Å². The van der Waals surface area contributed by atoms with Gasteiger partial charge in [0.1, 0.15) is 25.4 Å². The molecule has 0 rings (SSSR count). The number of rotatable bonds is 85. The molecule has 0 amide bonds. The van der Waals surface area contributed by atoms with Crippen molar-refractivity contribution in [1.82, 2.24) is 0 Å². The summed E-state index contributed by atoms with van der Waals surface area (Å²) in [5.74, 6) is -1.61. The summed E-state index contributed by atoms with van der Waals surface area (Å²) in [7, 11) is -9.82. The van der Waals surface area contributed by atoms with Gasteiger partial charge in [0.05, 0.1) is 26.4 Å². The molecule has 0 bridgehead atoms. The fraction of sp³-hybridized carbons (Fsp3) is 0.680. The predicted octanol–water partition coefficient (Wildman–Crippen LogP) is 27.9. The maximum Gasteiger partial charge on any atom is 0.472 e. The maximum atomic E-state index is 13.1. The second kappa shape index (κ2) is 88.2. The quantitative estimate of drug-likeness (QED) is 0.0146. The lowest BCUT2D eigenvalue weighted by atomic mass is 10.0. The van der Waals surface area contributed by atoms with Gasteiger partial charge in [0, 0.05) is 19.3 Å². The number of phosphoric ester groups is 2. The van der Waals surface area contributed by atoms with E-state index in [2.05, 4.69) is 191 Å². The molecule has 0 aliphatic carbocycles. The maximum absolute atomic E-state index is 13.1. The molecule has 16 nitrogen and oxygen atoms in total. The molecule has 5 atom stereocenters. The van der Waals surface area contributed by atoms with Gasteiger partial charge in [0.2, 0.25) is 0 Å². The minimum absolute atomic E-state index is 0.0805. The normalized spacial score (nSPS) is 14.6. The summed E-state index contributed by atoms with van der Waals surface area (Å²) in [6.45, 7) is 2.50. The largest absolute Gasteiger partial charge is 0.472 e. The Hall–Kier alpha value is -5.09. The number of ether oxygens (including phenoxy) is 3. The third-order valence-electron chi connectivity index (χ3n) is 18.9. The molecule has 0 aliphatic rings. The number of allylic oxidation sites excluding steroid dienone is 28. The van der Waals surface area contributed by atoms with Gasteiger partial charge in [-0.25, -0.2) is 9.13 Å². The summed E-state index contributed by atoms with van der Waals surface area (Å²) in [6, 6.07) is 0. The summed E-state index contributed by atoms with van der Waals surface area (Å²) in [4.78, 5) is 59.0. The molecule has 0 radical (unpaired) electrons. The summed E-state index contributed by atoms with van der Waals surface area (Å²) >= 11 is 0. The van der Waals surface area contributed by atoms with Crippen LogP contribution in [0.15, 0.2) is 170 Å². The number of aliphatic hydroxyl groups is 2. The van der Waals surface area contributed by atoms with Crippen molar-refractivity contribution in [3.8, 4) is 0 Å². The van der Waals surface area contributed by atoms with E-state index in [4.69, 9.17) is 32.3 Å². The monoisotopic (exact) mass is 1650 g/mol. The lowest BCUT2D eigenvalue weighted by Crippen LogP contribution is -2.30. The van der Waals surface area contributed by atoms with Crippen molar-refractivity contribution < 1.29 is 75.8 Å². The Morgan fingerprint density at radius 1 is 0.252 bits per heavy atom. The number of hydrogen-bond donors (Lipinski definition) is 4. The van der Waals surface area contributed by atoms with Gasteiger partial charge in [-0.1, -0.05) is 358 Å². The predicted molar refractivity (Wildman–Crippen MR) is 482 cm³/mol. The molecule has 4 N–H and O–H groups in total. The number of aliphatic hydroxyl groups excluding tert-OH is 2. The minimum Gasteiger partial charge on any atom is -0.463 e. The minimum atomic E-state index is -4.95. The second-order valence-corrected chi connectivity index (χ2v) is 32.9. The first-order valence-corrected chi connectivity index (χ1v) is 48.4. The molecule has 0 saturated heterocycles. The molecule has 658 valence electrons. The Balaban J connectivity index is 4.60. The average Bonchev–Trinajstić information content (AvgIpc) is 1.07. The van der Waals surface area contributed by atoms with Gasteiger partial charge in [-0.2, -0.15) is 0 Å². The van der Waals surface area contributed by atoms with Gasteiger partial charge >= 0.3 is 33.6 Å². The van der Waals surface area contributed by atoms with E-state index >= 15 is 0 Å². The van der Waals surface area contributed by atoms with Crippen molar-refractivity contribution >= 4 is 33.6 Å². The number of unbranched alkanes of at least 4 members (excludes halogenated alkanes) is 34. The molecule has 0 heterocycles. The van der Waals surface area contributed by atoms with Crippen molar-refractivity contribution in [1.29, 1.82) is 0 Å². The molecular formula is C97H164O16P2. The van der Waals surface area contributed by atoms with Gasteiger partial charge < -0.3 is 34.2 Å². The number of hydrogen-bond acceptors (Lipinski definition) is 14. The standard InChI is InChI=1S/C97H164O16P2/c1-4-7-10-13-16-19-22-25-28-31-34-37-40-41-42-43-44-45-46-47-48-49-52-54-56-59-62-65-68-71-74-77-80-83-95(100)107-86-92(98)87-109-114(103,104)110-88-93(99)89-111-115(105,106)112-91-94(113-97(102)85-82-79-76-73-70-67-64-61-58-55-51-39-36-33-30-27-24-21-18-15-12-9-6-3)90-108-96(101)84-81-78-75-72-69-66-63-60-57-53-50-38-35-32-29-26-23-20-17-14-11-8-5-2/h8,11,16-21,25-30,34-39,41-42,53,55,57-58,63,66,92-94,98-99H,4-7,9-10,12-15,22-24,31-33,40,43-52,54,56,59-62,64-65,67-91H2,1-3H3,(H,103,104)(H,105,106)/b11-8-,19-16-,20-17-,21-18-,28-25-,29-26-,30-27-,37-34-,38-35-,39-36-,42-41-,57-53-,58-55-,66-63-. The zero-order valence-electron chi connectivity index (χ0n) is 72.4. The number of esters is 3. The Kier molecular flexibility index (Phi) is 84.3. The van der Waals surface area contributed by atoms with E-state index in [-0.39, 0.29) is 19.3 Å². The van der Waals surface area contributed by atoms with Crippen LogP contribution in [-0.4, -0.2) is 95.9 Å². The van der Waals surface area contributed by atoms with Gasteiger partial charge in [0.25, 0.3) is 0 Å². The SMILES string of the molecule is CC/C=C\C/C=C\C/C=C\C/C=C\C/C=C\C/C=C\CCCCCCC(=O)OCC(COP(=O)(O)OCC(O)COP(=O)(O)OCC(O)COC(=O)CCCCCCCCCCCCCCCCCCC/C=C\C/C=C\C/C=C\C/C=C\CCCCC)OC(=O)CCCCCCCCC/C=C\C/C=C\C/C=C\C/C=C\CCCCC.